The van der Waals surface area contributed by atoms with Crippen LogP contribution < -0.4 is 0 Å². The van der Waals surface area contributed by atoms with Gasteiger partial charge in [0, 0.05) is 12.3 Å². The number of ether oxygens (including phenoxy) is 1. The van der Waals surface area contributed by atoms with Crippen molar-refractivity contribution in [3.05, 3.63) is 0 Å². The lowest BCUT2D eigenvalue weighted by atomic mass is 9.90. The summed E-state index contributed by atoms with van der Waals surface area (Å²) in [5.74, 6) is 0.590. The van der Waals surface area contributed by atoms with Crippen LogP contribution in [0.1, 0.15) is 58.3 Å². The van der Waals surface area contributed by atoms with E-state index in [1.165, 1.54) is 32.1 Å². The number of alkyl halides is 1. The van der Waals surface area contributed by atoms with Gasteiger partial charge >= 0.3 is 5.97 Å². The van der Waals surface area contributed by atoms with E-state index in [0.29, 0.717) is 12.3 Å². The van der Waals surface area contributed by atoms with Crippen molar-refractivity contribution in [2.24, 2.45) is 5.92 Å². The van der Waals surface area contributed by atoms with Gasteiger partial charge in [0.1, 0.15) is 0 Å². The van der Waals surface area contributed by atoms with Crippen LogP contribution in [0, 0.1) is 5.92 Å². The third-order valence-electron chi connectivity index (χ3n) is 3.00. The molecule has 0 aromatic heterocycles. The lowest BCUT2D eigenvalue weighted by Gasteiger charge is -2.26. The minimum atomic E-state index is -0.0122. The molecule has 0 radical (unpaired) electrons. The topological polar surface area (TPSA) is 26.3 Å². The number of unbranched alkanes of at least 4 members (excludes halogenated alkanes) is 1. The van der Waals surface area contributed by atoms with Gasteiger partial charge in [-0.05, 0) is 41.9 Å². The van der Waals surface area contributed by atoms with Crippen LogP contribution in [0.25, 0.3) is 0 Å². The Kier molecular flexibility index (Phi) is 6.61. The van der Waals surface area contributed by atoms with Crippen molar-refractivity contribution in [2.45, 2.75) is 62.4 Å². The van der Waals surface area contributed by atoms with Gasteiger partial charge in [0.25, 0.3) is 0 Å². The van der Waals surface area contributed by atoms with Gasteiger partial charge in [-0.25, -0.2) is 0 Å². The fourth-order valence-corrected chi connectivity index (χ4v) is 3.00. The molecule has 0 aliphatic heterocycles. The summed E-state index contributed by atoms with van der Waals surface area (Å²) in [5, 5.41) is 0. The summed E-state index contributed by atoms with van der Waals surface area (Å²) in [5.41, 5.74) is 0. The highest BCUT2D eigenvalue weighted by atomic mass is 127. The number of rotatable bonds is 5. The molecule has 0 bridgehead atoms. The van der Waals surface area contributed by atoms with Crippen LogP contribution >= 0.6 is 22.6 Å². The van der Waals surface area contributed by atoms with Crippen LogP contribution in [-0.2, 0) is 9.53 Å². The van der Waals surface area contributed by atoms with Crippen molar-refractivity contribution in [3.8, 4) is 0 Å². The number of carbonyl (C=O) groups excluding carboxylic acids is 1. The van der Waals surface area contributed by atoms with Crippen LogP contribution in [0.15, 0.2) is 0 Å². The summed E-state index contributed by atoms with van der Waals surface area (Å²) in [6, 6.07) is 0. The summed E-state index contributed by atoms with van der Waals surface area (Å²) >= 11 is 2.28. The SMILES string of the molecule is CCCCC(=O)OC(I)C1CCCCC1. The quantitative estimate of drug-likeness (QED) is 0.433. The average molecular weight is 324 g/mol. The van der Waals surface area contributed by atoms with Gasteiger partial charge in [-0.15, -0.1) is 0 Å². The standard InChI is InChI=1S/C12H21IO2/c1-2-3-9-11(14)15-12(13)10-7-5-4-6-8-10/h10,12H,2-9H2,1H3. The largest absolute Gasteiger partial charge is 0.451 e. The molecule has 0 spiro atoms. The molecule has 3 heteroatoms. The van der Waals surface area contributed by atoms with Crippen molar-refractivity contribution in [3.63, 3.8) is 0 Å². The summed E-state index contributed by atoms with van der Waals surface area (Å²) in [4.78, 5) is 11.4. The van der Waals surface area contributed by atoms with Crippen LogP contribution in [0.3, 0.4) is 0 Å². The van der Waals surface area contributed by atoms with E-state index in [1.807, 2.05) is 0 Å². The Morgan fingerprint density at radius 1 is 1.40 bits per heavy atom. The van der Waals surface area contributed by atoms with Gasteiger partial charge < -0.3 is 4.74 Å². The minimum absolute atomic E-state index is 0.0122. The molecule has 0 N–H and O–H groups in total. The number of esters is 1. The molecule has 0 heterocycles. The number of hydrogen-bond donors (Lipinski definition) is 0. The molecule has 0 saturated heterocycles. The molecular weight excluding hydrogens is 303 g/mol. The normalized spacial score (nSPS) is 19.9. The van der Waals surface area contributed by atoms with Crippen molar-refractivity contribution in [1.29, 1.82) is 0 Å². The third kappa shape index (κ3) is 5.18. The molecule has 88 valence electrons. The van der Waals surface area contributed by atoms with E-state index < -0.39 is 0 Å². The Balaban J connectivity index is 2.21. The molecule has 15 heavy (non-hydrogen) atoms. The van der Waals surface area contributed by atoms with Crippen molar-refractivity contribution < 1.29 is 9.53 Å². The van der Waals surface area contributed by atoms with Crippen LogP contribution in [0.4, 0.5) is 0 Å². The van der Waals surface area contributed by atoms with Gasteiger partial charge in [-0.1, -0.05) is 32.6 Å². The first kappa shape index (κ1) is 13.3. The smallest absolute Gasteiger partial charge is 0.306 e. The second-order valence-corrected chi connectivity index (χ2v) is 5.57. The summed E-state index contributed by atoms with van der Waals surface area (Å²) in [7, 11) is 0. The van der Waals surface area contributed by atoms with Gasteiger partial charge in [-0.2, -0.15) is 0 Å². The van der Waals surface area contributed by atoms with E-state index in [1.54, 1.807) is 0 Å². The van der Waals surface area contributed by atoms with E-state index in [2.05, 4.69) is 29.5 Å². The molecule has 1 saturated carbocycles. The van der Waals surface area contributed by atoms with Gasteiger partial charge in [0.05, 0.1) is 0 Å². The molecule has 1 atom stereocenters. The molecule has 1 aliphatic carbocycles. The van der Waals surface area contributed by atoms with E-state index >= 15 is 0 Å². The third-order valence-corrected chi connectivity index (χ3v) is 4.27. The van der Waals surface area contributed by atoms with Crippen molar-refractivity contribution in [1.82, 2.24) is 0 Å². The monoisotopic (exact) mass is 324 g/mol. The first-order chi connectivity index (χ1) is 7.24. The molecule has 2 nitrogen and oxygen atoms in total. The van der Waals surface area contributed by atoms with Crippen LogP contribution in [0.2, 0.25) is 0 Å². The summed E-state index contributed by atoms with van der Waals surface area (Å²) < 4.78 is 5.54. The number of carbonyl (C=O) groups is 1. The highest BCUT2D eigenvalue weighted by molar-refractivity contribution is 14.1. The molecule has 1 unspecified atom stereocenters. The van der Waals surface area contributed by atoms with Crippen LogP contribution in [-0.4, -0.2) is 10.1 Å². The second kappa shape index (κ2) is 7.47. The molecule has 1 aliphatic rings. The molecule has 0 amide bonds. The maximum Gasteiger partial charge on any atom is 0.306 e. The molecule has 0 aromatic carbocycles. The highest BCUT2D eigenvalue weighted by Gasteiger charge is 2.23. The second-order valence-electron chi connectivity index (χ2n) is 4.34. The van der Waals surface area contributed by atoms with Gasteiger partial charge in [-0.3, -0.25) is 4.79 Å². The molecule has 0 aromatic rings. The Hall–Kier alpha value is 0.200. The fraction of sp³-hybridized carbons (Fsp3) is 0.917. The summed E-state index contributed by atoms with van der Waals surface area (Å²) in [6.07, 6.45) is 9.01. The number of hydrogen-bond acceptors (Lipinski definition) is 2. The zero-order chi connectivity index (χ0) is 11.1. The average Bonchev–Trinajstić information content (AvgIpc) is 2.27. The zero-order valence-electron chi connectivity index (χ0n) is 9.51. The van der Waals surface area contributed by atoms with Crippen molar-refractivity contribution in [2.75, 3.05) is 0 Å². The predicted molar refractivity (Wildman–Crippen MR) is 70.0 cm³/mol. The first-order valence-corrected chi connectivity index (χ1v) is 7.32. The zero-order valence-corrected chi connectivity index (χ0v) is 11.7. The summed E-state index contributed by atoms with van der Waals surface area (Å²) in [6.45, 7) is 2.09. The van der Waals surface area contributed by atoms with Crippen LogP contribution in [0.5, 0.6) is 0 Å². The van der Waals surface area contributed by atoms with Crippen molar-refractivity contribution >= 4 is 28.6 Å². The van der Waals surface area contributed by atoms with E-state index in [-0.39, 0.29) is 10.1 Å². The lowest BCUT2D eigenvalue weighted by molar-refractivity contribution is -0.146. The Labute approximate surface area is 106 Å². The van der Waals surface area contributed by atoms with E-state index in [9.17, 15) is 4.79 Å². The molecule has 1 fully saturated rings. The molecular formula is C12H21IO2. The molecule has 1 rings (SSSR count). The lowest BCUT2D eigenvalue weighted by Crippen LogP contribution is -2.23. The Bertz CT molecular complexity index is 188. The highest BCUT2D eigenvalue weighted by Crippen LogP contribution is 2.31. The van der Waals surface area contributed by atoms with Gasteiger partial charge in [0.15, 0.2) is 4.11 Å². The maximum absolute atomic E-state index is 11.4. The Morgan fingerprint density at radius 3 is 2.67 bits per heavy atom. The minimum Gasteiger partial charge on any atom is -0.451 e. The number of halogens is 1. The van der Waals surface area contributed by atoms with Gasteiger partial charge in [0.2, 0.25) is 0 Å². The van der Waals surface area contributed by atoms with E-state index in [0.717, 1.165) is 12.8 Å². The first-order valence-electron chi connectivity index (χ1n) is 6.07. The predicted octanol–water partition coefficient (Wildman–Crippen LogP) is 4.06. The Morgan fingerprint density at radius 2 is 2.07 bits per heavy atom. The maximum atomic E-state index is 11.4. The fourth-order valence-electron chi connectivity index (χ4n) is 2.00. The van der Waals surface area contributed by atoms with E-state index in [4.69, 9.17) is 4.74 Å².